The molecule has 0 radical (unpaired) electrons. The molecule has 184 valence electrons. The van der Waals surface area contributed by atoms with Gasteiger partial charge in [0, 0.05) is 30.4 Å². The molecule has 0 spiro atoms. The van der Waals surface area contributed by atoms with Gasteiger partial charge in [-0.05, 0) is 61.3 Å². The van der Waals surface area contributed by atoms with Crippen molar-refractivity contribution in [1.29, 1.82) is 0 Å². The number of hydrogen-bond acceptors (Lipinski definition) is 4. The molecule has 34 heavy (non-hydrogen) atoms. The van der Waals surface area contributed by atoms with Crippen molar-refractivity contribution in [2.75, 3.05) is 13.1 Å². The van der Waals surface area contributed by atoms with E-state index in [9.17, 15) is 9.59 Å². The van der Waals surface area contributed by atoms with E-state index in [1.807, 2.05) is 44.7 Å². The van der Waals surface area contributed by atoms with Crippen LogP contribution in [-0.2, 0) is 4.79 Å². The van der Waals surface area contributed by atoms with Crippen molar-refractivity contribution < 1.29 is 14.3 Å². The van der Waals surface area contributed by atoms with Crippen LogP contribution in [-0.4, -0.2) is 46.9 Å². The van der Waals surface area contributed by atoms with E-state index in [0.717, 1.165) is 11.4 Å². The summed E-state index contributed by atoms with van der Waals surface area (Å²) in [7, 11) is 0. The van der Waals surface area contributed by atoms with Crippen molar-refractivity contribution in [3.63, 3.8) is 0 Å². The van der Waals surface area contributed by atoms with Crippen LogP contribution in [0.2, 0.25) is 5.02 Å². The van der Waals surface area contributed by atoms with Gasteiger partial charge in [-0.1, -0.05) is 51.4 Å². The van der Waals surface area contributed by atoms with Crippen LogP contribution in [0.4, 0.5) is 0 Å². The van der Waals surface area contributed by atoms with Crippen LogP contribution in [0.25, 0.3) is 0 Å². The van der Waals surface area contributed by atoms with Crippen LogP contribution in [0.3, 0.4) is 0 Å². The first-order valence-corrected chi connectivity index (χ1v) is 12.3. The van der Waals surface area contributed by atoms with Crippen molar-refractivity contribution in [2.24, 2.45) is 11.3 Å². The third-order valence-electron chi connectivity index (χ3n) is 6.39. The molecule has 0 aliphatic carbocycles. The summed E-state index contributed by atoms with van der Waals surface area (Å²) in [5.74, 6) is 0.391. The number of nitrogens with zero attached hydrogens (tertiary/aromatic N) is 2. The summed E-state index contributed by atoms with van der Waals surface area (Å²) < 4.78 is 5.54. The lowest BCUT2D eigenvalue weighted by Crippen LogP contribution is -2.55. The van der Waals surface area contributed by atoms with E-state index >= 15 is 0 Å². The molecule has 1 fully saturated rings. The second-order valence-corrected chi connectivity index (χ2v) is 10.8. The van der Waals surface area contributed by atoms with Crippen molar-refractivity contribution in [1.82, 2.24) is 15.2 Å². The number of pyridine rings is 1. The maximum absolute atomic E-state index is 13.5. The van der Waals surface area contributed by atoms with Gasteiger partial charge in [0.2, 0.25) is 11.8 Å². The molecular weight excluding hydrogens is 450 g/mol. The van der Waals surface area contributed by atoms with Gasteiger partial charge in [-0.15, -0.1) is 0 Å². The number of rotatable bonds is 7. The van der Waals surface area contributed by atoms with Crippen molar-refractivity contribution >= 4 is 23.4 Å². The van der Waals surface area contributed by atoms with Crippen LogP contribution in [0.1, 0.15) is 69.8 Å². The quantitative estimate of drug-likeness (QED) is 0.576. The first-order valence-electron chi connectivity index (χ1n) is 12.0. The summed E-state index contributed by atoms with van der Waals surface area (Å²) in [6.45, 7) is 13.4. The van der Waals surface area contributed by atoms with E-state index in [2.05, 4.69) is 36.3 Å². The lowest BCUT2D eigenvalue weighted by molar-refractivity contribution is -0.137. The molecular formula is C27H36ClN3O3. The molecule has 7 heteroatoms. The van der Waals surface area contributed by atoms with Gasteiger partial charge in [0.1, 0.15) is 6.04 Å². The predicted molar refractivity (Wildman–Crippen MR) is 135 cm³/mol. The van der Waals surface area contributed by atoms with Crippen LogP contribution in [0, 0.1) is 11.3 Å². The monoisotopic (exact) mass is 485 g/mol. The summed E-state index contributed by atoms with van der Waals surface area (Å²) in [5, 5.41) is 3.66. The van der Waals surface area contributed by atoms with Crippen molar-refractivity contribution in [3.8, 4) is 5.88 Å². The number of carbonyl (C=O) groups excluding carboxylic acids is 2. The highest BCUT2D eigenvalue weighted by atomic mass is 35.5. The zero-order valence-electron chi connectivity index (χ0n) is 21.0. The molecule has 2 amide bonds. The Labute approximate surface area is 208 Å². The number of ether oxygens (including phenoxy) is 1. The number of aromatic nitrogens is 1. The van der Waals surface area contributed by atoms with Gasteiger partial charge >= 0.3 is 0 Å². The van der Waals surface area contributed by atoms with Gasteiger partial charge < -0.3 is 15.0 Å². The van der Waals surface area contributed by atoms with E-state index < -0.39 is 6.04 Å². The number of amides is 2. The fraction of sp³-hybridized carbons (Fsp3) is 0.519. The number of halogens is 1. The molecule has 0 bridgehead atoms. The van der Waals surface area contributed by atoms with Crippen molar-refractivity contribution in [3.05, 3.63) is 58.7 Å². The smallest absolute Gasteiger partial charge is 0.253 e. The number of piperidine rings is 1. The summed E-state index contributed by atoms with van der Waals surface area (Å²) in [6.07, 6.45) is 2.35. The Morgan fingerprint density at radius 1 is 1.12 bits per heavy atom. The summed E-state index contributed by atoms with van der Waals surface area (Å²) in [5.41, 5.74) is 1.53. The highest BCUT2D eigenvalue weighted by molar-refractivity contribution is 6.30. The second kappa shape index (κ2) is 10.8. The molecule has 1 N–H and O–H groups in total. The Hall–Kier alpha value is -2.60. The van der Waals surface area contributed by atoms with Gasteiger partial charge in [0.15, 0.2) is 0 Å². The lowest BCUT2D eigenvalue weighted by atomic mass is 9.70. The summed E-state index contributed by atoms with van der Waals surface area (Å²) in [4.78, 5) is 32.5. The molecule has 0 saturated carbocycles. The molecule has 1 aliphatic heterocycles. The Balaban J connectivity index is 1.68. The van der Waals surface area contributed by atoms with Gasteiger partial charge in [-0.2, -0.15) is 0 Å². The Morgan fingerprint density at radius 2 is 1.79 bits per heavy atom. The Kier molecular flexibility index (Phi) is 8.24. The molecule has 1 unspecified atom stereocenters. The largest absolute Gasteiger partial charge is 0.475 e. The molecule has 2 heterocycles. The number of carbonyl (C=O) groups is 2. The van der Waals surface area contributed by atoms with E-state index in [1.165, 1.54) is 11.8 Å². The highest BCUT2D eigenvalue weighted by Crippen LogP contribution is 2.42. The Bertz CT molecular complexity index is 987. The third-order valence-corrected chi connectivity index (χ3v) is 6.64. The number of nitrogens with one attached hydrogen (secondary N) is 1. The van der Waals surface area contributed by atoms with Crippen LogP contribution < -0.4 is 10.1 Å². The number of hydrogen-bond donors (Lipinski definition) is 1. The molecule has 2 atom stereocenters. The van der Waals surface area contributed by atoms with Crippen LogP contribution in [0.5, 0.6) is 5.88 Å². The second-order valence-electron chi connectivity index (χ2n) is 10.4. The van der Waals surface area contributed by atoms with Crippen molar-refractivity contribution in [2.45, 2.75) is 66.0 Å². The van der Waals surface area contributed by atoms with Gasteiger partial charge in [-0.25, -0.2) is 4.98 Å². The highest BCUT2D eigenvalue weighted by Gasteiger charge is 2.40. The topological polar surface area (TPSA) is 71.5 Å². The van der Waals surface area contributed by atoms with E-state index in [-0.39, 0.29) is 29.3 Å². The summed E-state index contributed by atoms with van der Waals surface area (Å²) in [6, 6.07) is 10.7. The first-order chi connectivity index (χ1) is 16.0. The van der Waals surface area contributed by atoms with E-state index in [1.54, 1.807) is 12.1 Å². The predicted octanol–water partition coefficient (Wildman–Crippen LogP) is 5.32. The molecule has 1 aromatic heterocycles. The van der Waals surface area contributed by atoms with Gasteiger partial charge in [-0.3, -0.25) is 9.59 Å². The fourth-order valence-corrected chi connectivity index (χ4v) is 4.74. The molecule has 2 aromatic rings. The SMILES string of the molecule is CC(C)Oc1ccc(C(=O)N[C@@H](C(=O)N2CCC(c3ccc(Cl)cc3)C(C)(C)C2)C(C)C)cn1. The van der Waals surface area contributed by atoms with Gasteiger partial charge in [0.25, 0.3) is 5.91 Å². The Morgan fingerprint density at radius 3 is 2.32 bits per heavy atom. The standard InChI is InChI=1S/C27H36ClN3O3/c1-17(2)24(30-25(32)20-9-12-23(29-15-20)34-18(3)4)26(33)31-14-13-22(27(5,6)16-31)19-7-10-21(28)11-8-19/h7-12,15,17-18,22,24H,13-14,16H2,1-6H3,(H,30,32)/t22?,24-/m1/s1. The number of likely N-dealkylation sites (tertiary alicyclic amines) is 1. The average molecular weight is 486 g/mol. The molecule has 6 nitrogen and oxygen atoms in total. The van der Waals surface area contributed by atoms with Gasteiger partial charge in [0.05, 0.1) is 11.7 Å². The third kappa shape index (κ3) is 6.29. The molecule has 1 saturated heterocycles. The molecule has 3 rings (SSSR count). The van der Waals surface area contributed by atoms with Crippen LogP contribution >= 0.6 is 11.6 Å². The minimum atomic E-state index is -0.609. The van der Waals surface area contributed by atoms with E-state index in [4.69, 9.17) is 16.3 Å². The summed E-state index contributed by atoms with van der Waals surface area (Å²) >= 11 is 6.07. The molecule has 1 aromatic carbocycles. The normalized spacial score (nSPS) is 18.6. The zero-order chi connectivity index (χ0) is 25.0. The maximum atomic E-state index is 13.5. The van der Waals surface area contributed by atoms with E-state index in [0.29, 0.717) is 30.5 Å². The molecule has 1 aliphatic rings. The maximum Gasteiger partial charge on any atom is 0.253 e. The zero-order valence-corrected chi connectivity index (χ0v) is 21.7. The minimum absolute atomic E-state index is 0.00297. The fourth-order valence-electron chi connectivity index (χ4n) is 4.62. The minimum Gasteiger partial charge on any atom is -0.475 e. The number of benzene rings is 1. The first kappa shape index (κ1) is 26.0. The average Bonchev–Trinajstić information content (AvgIpc) is 2.77. The lowest BCUT2D eigenvalue weighted by Gasteiger charge is -2.45. The van der Waals surface area contributed by atoms with Crippen LogP contribution in [0.15, 0.2) is 42.6 Å².